The number of nitrogens with one attached hydrogen (secondary N) is 1. The smallest absolute Gasteiger partial charge is 0.142 e. The lowest BCUT2D eigenvalue weighted by Gasteiger charge is -2.18. The van der Waals surface area contributed by atoms with Crippen molar-refractivity contribution >= 4 is 27.5 Å². The Morgan fingerprint density at radius 2 is 1.89 bits per heavy atom. The molecule has 0 heterocycles. The van der Waals surface area contributed by atoms with Gasteiger partial charge < -0.3 is 0 Å². The zero-order valence-corrected chi connectivity index (χ0v) is 12.4. The van der Waals surface area contributed by atoms with Crippen molar-refractivity contribution in [3.63, 3.8) is 0 Å². The van der Waals surface area contributed by atoms with Crippen LogP contribution in [0.2, 0.25) is 5.02 Å². The third-order valence-corrected chi connectivity index (χ3v) is 3.84. The van der Waals surface area contributed by atoms with Crippen molar-refractivity contribution < 1.29 is 4.39 Å². The summed E-state index contributed by atoms with van der Waals surface area (Å²) in [6.07, 6.45) is 0.632. The van der Waals surface area contributed by atoms with Gasteiger partial charge in [0.05, 0.1) is 11.1 Å². The summed E-state index contributed by atoms with van der Waals surface area (Å²) in [6.45, 7) is 0. The van der Waals surface area contributed by atoms with Gasteiger partial charge in [0.2, 0.25) is 0 Å². The fraction of sp³-hybridized carbons (Fsp3) is 0.143. The standard InChI is InChI=1S/C14H13BrClFN2/c15-10-6-4-9(5-7-10)8-13(19-18)11-2-1-3-12(17)14(11)16/h1-7,13,19H,8,18H2. The number of rotatable bonds is 4. The van der Waals surface area contributed by atoms with Crippen LogP contribution in [0.5, 0.6) is 0 Å². The van der Waals surface area contributed by atoms with Gasteiger partial charge in [0.25, 0.3) is 0 Å². The maximum atomic E-state index is 13.5. The maximum Gasteiger partial charge on any atom is 0.142 e. The highest BCUT2D eigenvalue weighted by molar-refractivity contribution is 9.10. The van der Waals surface area contributed by atoms with Crippen molar-refractivity contribution in [2.75, 3.05) is 0 Å². The van der Waals surface area contributed by atoms with E-state index < -0.39 is 5.82 Å². The molecule has 0 radical (unpaired) electrons. The average Bonchev–Trinajstić information content (AvgIpc) is 2.42. The van der Waals surface area contributed by atoms with Gasteiger partial charge in [-0.1, -0.05) is 51.8 Å². The summed E-state index contributed by atoms with van der Waals surface area (Å²) in [5.74, 6) is 5.13. The van der Waals surface area contributed by atoms with Gasteiger partial charge >= 0.3 is 0 Å². The molecule has 3 N–H and O–H groups in total. The van der Waals surface area contributed by atoms with Crippen LogP contribution < -0.4 is 11.3 Å². The van der Waals surface area contributed by atoms with Crippen LogP contribution in [0.4, 0.5) is 4.39 Å². The second-order valence-corrected chi connectivity index (χ2v) is 5.49. The summed E-state index contributed by atoms with van der Waals surface area (Å²) in [5.41, 5.74) is 4.44. The molecule has 100 valence electrons. The number of hydrazine groups is 1. The van der Waals surface area contributed by atoms with E-state index in [0.29, 0.717) is 12.0 Å². The number of nitrogens with two attached hydrogens (primary N) is 1. The first-order chi connectivity index (χ1) is 9.11. The largest absolute Gasteiger partial charge is 0.271 e. The Balaban J connectivity index is 2.25. The van der Waals surface area contributed by atoms with E-state index in [1.807, 2.05) is 24.3 Å². The first kappa shape index (κ1) is 14.5. The summed E-state index contributed by atoms with van der Waals surface area (Å²) in [5, 5.41) is 0.113. The molecule has 2 aromatic carbocycles. The van der Waals surface area contributed by atoms with Crippen molar-refractivity contribution in [1.29, 1.82) is 0 Å². The van der Waals surface area contributed by atoms with Crippen LogP contribution in [-0.4, -0.2) is 0 Å². The van der Waals surface area contributed by atoms with Gasteiger partial charge in [-0.3, -0.25) is 11.3 Å². The van der Waals surface area contributed by atoms with Gasteiger partial charge in [-0.05, 0) is 35.7 Å². The molecule has 0 bridgehead atoms. The zero-order valence-electron chi connectivity index (χ0n) is 10.0. The van der Waals surface area contributed by atoms with Gasteiger partial charge in [-0.15, -0.1) is 0 Å². The summed E-state index contributed by atoms with van der Waals surface area (Å²) < 4.78 is 14.5. The Hall–Kier alpha value is -0.940. The Kier molecular flexibility index (Phi) is 4.93. The summed E-state index contributed by atoms with van der Waals surface area (Å²) in [4.78, 5) is 0. The van der Waals surface area contributed by atoms with Crippen LogP contribution in [-0.2, 0) is 6.42 Å². The monoisotopic (exact) mass is 342 g/mol. The second kappa shape index (κ2) is 6.48. The minimum Gasteiger partial charge on any atom is -0.271 e. The van der Waals surface area contributed by atoms with Crippen molar-refractivity contribution in [1.82, 2.24) is 5.43 Å². The molecule has 0 saturated carbocycles. The average molecular weight is 344 g/mol. The molecule has 0 fully saturated rings. The van der Waals surface area contributed by atoms with Gasteiger partial charge in [0, 0.05) is 4.47 Å². The molecular weight excluding hydrogens is 331 g/mol. The van der Waals surface area contributed by atoms with Gasteiger partial charge in [0.15, 0.2) is 0 Å². The lowest BCUT2D eigenvalue weighted by molar-refractivity contribution is 0.545. The Bertz CT molecular complexity index is 560. The van der Waals surface area contributed by atoms with E-state index in [0.717, 1.165) is 10.0 Å². The molecule has 0 aliphatic carbocycles. The third-order valence-electron chi connectivity index (χ3n) is 2.91. The predicted molar refractivity (Wildman–Crippen MR) is 79.3 cm³/mol. The van der Waals surface area contributed by atoms with Gasteiger partial charge in [0.1, 0.15) is 5.82 Å². The van der Waals surface area contributed by atoms with Crippen LogP contribution in [0.15, 0.2) is 46.9 Å². The zero-order chi connectivity index (χ0) is 13.8. The summed E-state index contributed by atoms with van der Waals surface area (Å²) >= 11 is 9.36. The molecule has 0 saturated heterocycles. The van der Waals surface area contributed by atoms with Crippen molar-refractivity contribution in [3.05, 3.63) is 68.9 Å². The van der Waals surface area contributed by atoms with E-state index in [1.54, 1.807) is 12.1 Å². The molecule has 1 atom stereocenters. The lowest BCUT2D eigenvalue weighted by Crippen LogP contribution is -2.30. The highest BCUT2D eigenvalue weighted by atomic mass is 79.9. The Labute approximate surface area is 124 Å². The number of benzene rings is 2. The minimum atomic E-state index is -0.435. The highest BCUT2D eigenvalue weighted by Crippen LogP contribution is 2.27. The molecule has 0 amide bonds. The Morgan fingerprint density at radius 1 is 1.21 bits per heavy atom. The minimum absolute atomic E-state index is 0.113. The van der Waals surface area contributed by atoms with Gasteiger partial charge in [-0.2, -0.15) is 0 Å². The van der Waals surface area contributed by atoms with E-state index in [-0.39, 0.29) is 11.1 Å². The first-order valence-electron chi connectivity index (χ1n) is 5.76. The van der Waals surface area contributed by atoms with Crippen LogP contribution in [0, 0.1) is 5.82 Å². The van der Waals surface area contributed by atoms with Crippen molar-refractivity contribution in [3.8, 4) is 0 Å². The molecule has 5 heteroatoms. The van der Waals surface area contributed by atoms with Gasteiger partial charge in [-0.25, -0.2) is 4.39 Å². The number of halogens is 3. The van der Waals surface area contributed by atoms with Crippen LogP contribution >= 0.6 is 27.5 Å². The van der Waals surface area contributed by atoms with Crippen LogP contribution in [0.1, 0.15) is 17.2 Å². The molecule has 0 aromatic heterocycles. The fourth-order valence-corrected chi connectivity index (χ4v) is 2.43. The molecule has 2 nitrogen and oxygen atoms in total. The van der Waals surface area contributed by atoms with Crippen LogP contribution in [0.25, 0.3) is 0 Å². The normalized spacial score (nSPS) is 12.4. The molecule has 0 aliphatic rings. The fourth-order valence-electron chi connectivity index (χ4n) is 1.90. The third kappa shape index (κ3) is 3.54. The summed E-state index contributed by atoms with van der Waals surface area (Å²) in [6, 6.07) is 12.4. The molecule has 19 heavy (non-hydrogen) atoms. The van der Waals surface area contributed by atoms with E-state index in [4.69, 9.17) is 17.4 Å². The Morgan fingerprint density at radius 3 is 2.53 bits per heavy atom. The highest BCUT2D eigenvalue weighted by Gasteiger charge is 2.16. The summed E-state index contributed by atoms with van der Waals surface area (Å²) in [7, 11) is 0. The first-order valence-corrected chi connectivity index (χ1v) is 6.93. The molecule has 2 aromatic rings. The van der Waals surface area contributed by atoms with Crippen molar-refractivity contribution in [2.45, 2.75) is 12.5 Å². The quantitative estimate of drug-likeness (QED) is 0.651. The van der Waals surface area contributed by atoms with E-state index in [9.17, 15) is 4.39 Å². The number of hydrogen-bond donors (Lipinski definition) is 2. The molecule has 0 spiro atoms. The molecular formula is C14H13BrClFN2. The molecule has 2 rings (SSSR count). The molecule has 1 unspecified atom stereocenters. The number of hydrogen-bond acceptors (Lipinski definition) is 2. The topological polar surface area (TPSA) is 38.0 Å². The van der Waals surface area contributed by atoms with E-state index in [1.165, 1.54) is 6.07 Å². The molecule has 0 aliphatic heterocycles. The van der Waals surface area contributed by atoms with E-state index >= 15 is 0 Å². The van der Waals surface area contributed by atoms with E-state index in [2.05, 4.69) is 21.4 Å². The van der Waals surface area contributed by atoms with Crippen molar-refractivity contribution in [2.24, 2.45) is 5.84 Å². The maximum absolute atomic E-state index is 13.5. The second-order valence-electron chi connectivity index (χ2n) is 4.19. The SMILES string of the molecule is NNC(Cc1ccc(Br)cc1)c1cccc(F)c1Cl. The van der Waals surface area contributed by atoms with Crippen LogP contribution in [0.3, 0.4) is 0 Å². The lowest BCUT2D eigenvalue weighted by atomic mass is 9.99. The predicted octanol–water partition coefficient (Wildman–Crippen LogP) is 3.99.